The minimum atomic E-state index is 0.201. The zero-order chi connectivity index (χ0) is 18.3. The SMILES string of the molecule is Cc1ccc(-c2cccc3c2CCN3Cc2cnc(N)nc2N)cc1Cl. The van der Waals surface area contributed by atoms with Crippen molar-refractivity contribution >= 4 is 29.1 Å². The molecule has 26 heavy (non-hydrogen) atoms. The van der Waals surface area contributed by atoms with Crippen LogP contribution in [0.4, 0.5) is 17.5 Å². The zero-order valence-corrected chi connectivity index (χ0v) is 15.3. The number of nitrogens with two attached hydrogens (primary N) is 2. The average molecular weight is 366 g/mol. The van der Waals surface area contributed by atoms with Crippen molar-refractivity contribution < 1.29 is 0 Å². The van der Waals surface area contributed by atoms with Crippen LogP contribution in [0.2, 0.25) is 5.02 Å². The van der Waals surface area contributed by atoms with Gasteiger partial charge in [0.1, 0.15) is 5.82 Å². The topological polar surface area (TPSA) is 81.1 Å². The number of aryl methyl sites for hydroxylation is 1. The summed E-state index contributed by atoms with van der Waals surface area (Å²) in [4.78, 5) is 10.4. The molecule has 3 aromatic rings. The maximum Gasteiger partial charge on any atom is 0.221 e. The summed E-state index contributed by atoms with van der Waals surface area (Å²) >= 11 is 6.33. The summed E-state index contributed by atoms with van der Waals surface area (Å²) < 4.78 is 0. The van der Waals surface area contributed by atoms with Crippen molar-refractivity contribution in [3.63, 3.8) is 0 Å². The van der Waals surface area contributed by atoms with Gasteiger partial charge >= 0.3 is 0 Å². The molecule has 0 saturated heterocycles. The molecular weight excluding hydrogens is 346 g/mol. The summed E-state index contributed by atoms with van der Waals surface area (Å²) in [6.45, 7) is 3.61. The van der Waals surface area contributed by atoms with E-state index in [1.807, 2.05) is 13.0 Å². The standard InChI is InChI=1S/C20H20ClN5/c1-12-5-6-13(9-17(12)21)15-3-2-4-18-16(15)7-8-26(18)11-14-10-24-20(23)25-19(14)22/h2-6,9-10H,7-8,11H2,1H3,(H4,22,23,24,25). The van der Waals surface area contributed by atoms with Gasteiger partial charge in [-0.25, -0.2) is 4.98 Å². The summed E-state index contributed by atoms with van der Waals surface area (Å²) in [7, 11) is 0. The van der Waals surface area contributed by atoms with Gasteiger partial charge in [-0.3, -0.25) is 0 Å². The third kappa shape index (κ3) is 2.95. The Bertz CT molecular complexity index is 986. The molecule has 0 bridgehead atoms. The van der Waals surface area contributed by atoms with Crippen molar-refractivity contribution in [3.05, 3.63) is 64.3 Å². The van der Waals surface area contributed by atoms with Crippen molar-refractivity contribution in [2.75, 3.05) is 22.9 Å². The van der Waals surface area contributed by atoms with E-state index in [1.54, 1.807) is 6.20 Å². The molecule has 132 valence electrons. The number of nitrogens with zero attached hydrogens (tertiary/aromatic N) is 3. The molecule has 0 radical (unpaired) electrons. The average Bonchev–Trinajstić information content (AvgIpc) is 3.03. The van der Waals surface area contributed by atoms with Gasteiger partial charge in [0.25, 0.3) is 0 Å². The molecule has 1 aromatic heterocycles. The van der Waals surface area contributed by atoms with Crippen LogP contribution >= 0.6 is 11.6 Å². The van der Waals surface area contributed by atoms with Crippen LogP contribution in [0.25, 0.3) is 11.1 Å². The highest BCUT2D eigenvalue weighted by Crippen LogP contribution is 2.38. The Balaban J connectivity index is 1.68. The highest BCUT2D eigenvalue weighted by atomic mass is 35.5. The van der Waals surface area contributed by atoms with Crippen molar-refractivity contribution in [2.45, 2.75) is 19.9 Å². The minimum Gasteiger partial charge on any atom is -0.383 e. The summed E-state index contributed by atoms with van der Waals surface area (Å²) in [6, 6.07) is 12.6. The molecular formula is C20H20ClN5. The predicted molar refractivity (Wildman–Crippen MR) is 107 cm³/mol. The van der Waals surface area contributed by atoms with Crippen LogP contribution < -0.4 is 16.4 Å². The third-order valence-corrected chi connectivity index (χ3v) is 5.29. The van der Waals surface area contributed by atoms with Gasteiger partial charge in [0.15, 0.2) is 0 Å². The van der Waals surface area contributed by atoms with E-state index in [9.17, 15) is 0 Å². The number of nitrogen functional groups attached to an aromatic ring is 2. The van der Waals surface area contributed by atoms with E-state index in [0.717, 1.165) is 34.7 Å². The van der Waals surface area contributed by atoms with Gasteiger partial charge in [-0.05, 0) is 47.7 Å². The van der Waals surface area contributed by atoms with Gasteiger partial charge in [0, 0.05) is 35.6 Å². The fourth-order valence-electron chi connectivity index (χ4n) is 3.46. The molecule has 0 unspecified atom stereocenters. The van der Waals surface area contributed by atoms with Gasteiger partial charge in [-0.15, -0.1) is 0 Å². The Labute approximate surface area is 157 Å². The Morgan fingerprint density at radius 3 is 2.81 bits per heavy atom. The van der Waals surface area contributed by atoms with Gasteiger partial charge in [0.05, 0.1) is 0 Å². The second kappa shape index (κ2) is 6.50. The molecule has 6 heteroatoms. The number of hydrogen-bond donors (Lipinski definition) is 2. The summed E-state index contributed by atoms with van der Waals surface area (Å²) in [5.41, 5.74) is 18.5. The summed E-state index contributed by atoms with van der Waals surface area (Å²) in [5, 5.41) is 0.793. The van der Waals surface area contributed by atoms with Crippen LogP contribution in [0.3, 0.4) is 0 Å². The van der Waals surface area contributed by atoms with Crippen molar-refractivity contribution in [1.82, 2.24) is 9.97 Å². The molecule has 1 aliphatic rings. The third-order valence-electron chi connectivity index (χ3n) is 4.88. The number of anilines is 3. The molecule has 0 fully saturated rings. The smallest absolute Gasteiger partial charge is 0.221 e. The highest BCUT2D eigenvalue weighted by molar-refractivity contribution is 6.31. The van der Waals surface area contributed by atoms with Gasteiger partial charge in [0.2, 0.25) is 5.95 Å². The fourth-order valence-corrected chi connectivity index (χ4v) is 3.64. The van der Waals surface area contributed by atoms with Crippen LogP contribution in [0.15, 0.2) is 42.6 Å². The highest BCUT2D eigenvalue weighted by Gasteiger charge is 2.23. The molecule has 4 rings (SSSR count). The van der Waals surface area contributed by atoms with Crippen LogP contribution in [0.1, 0.15) is 16.7 Å². The molecule has 5 nitrogen and oxygen atoms in total. The number of aromatic nitrogens is 2. The Kier molecular flexibility index (Phi) is 4.17. The minimum absolute atomic E-state index is 0.201. The molecule has 0 saturated carbocycles. The second-order valence-corrected chi connectivity index (χ2v) is 6.98. The first-order valence-electron chi connectivity index (χ1n) is 8.53. The van der Waals surface area contributed by atoms with Crippen LogP contribution in [0, 0.1) is 6.92 Å². The lowest BCUT2D eigenvalue weighted by molar-refractivity contribution is 0.830. The predicted octanol–water partition coefficient (Wildman–Crippen LogP) is 3.83. The van der Waals surface area contributed by atoms with Crippen LogP contribution in [-0.2, 0) is 13.0 Å². The number of benzene rings is 2. The summed E-state index contributed by atoms with van der Waals surface area (Å²) in [5.74, 6) is 0.638. The van der Waals surface area contributed by atoms with Crippen LogP contribution in [-0.4, -0.2) is 16.5 Å². The molecule has 0 aliphatic carbocycles. The lowest BCUT2D eigenvalue weighted by atomic mass is 9.97. The van der Waals surface area contributed by atoms with E-state index in [4.69, 9.17) is 23.1 Å². The number of halogens is 1. The number of hydrogen-bond acceptors (Lipinski definition) is 5. The van der Waals surface area contributed by atoms with Gasteiger partial charge in [-0.2, -0.15) is 4.98 Å². The zero-order valence-electron chi connectivity index (χ0n) is 14.5. The van der Waals surface area contributed by atoms with Crippen molar-refractivity contribution in [1.29, 1.82) is 0 Å². The largest absolute Gasteiger partial charge is 0.383 e. The maximum atomic E-state index is 6.33. The first-order valence-corrected chi connectivity index (χ1v) is 8.91. The monoisotopic (exact) mass is 365 g/mol. The fraction of sp³-hybridized carbons (Fsp3) is 0.200. The maximum absolute atomic E-state index is 6.33. The van der Waals surface area contributed by atoms with E-state index in [0.29, 0.717) is 12.4 Å². The Hall–Kier alpha value is -2.79. The Morgan fingerprint density at radius 1 is 1.19 bits per heavy atom. The lowest BCUT2D eigenvalue weighted by Crippen LogP contribution is -2.21. The molecule has 0 spiro atoms. The van der Waals surface area contributed by atoms with E-state index < -0.39 is 0 Å². The normalized spacial score (nSPS) is 13.1. The van der Waals surface area contributed by atoms with E-state index in [1.165, 1.54) is 16.8 Å². The molecule has 0 amide bonds. The van der Waals surface area contributed by atoms with E-state index >= 15 is 0 Å². The second-order valence-electron chi connectivity index (χ2n) is 6.58. The van der Waals surface area contributed by atoms with E-state index in [2.05, 4.69) is 45.2 Å². The number of rotatable bonds is 3. The first-order chi connectivity index (χ1) is 12.5. The Morgan fingerprint density at radius 2 is 2.04 bits per heavy atom. The quantitative estimate of drug-likeness (QED) is 0.737. The molecule has 1 aliphatic heterocycles. The van der Waals surface area contributed by atoms with E-state index in [-0.39, 0.29) is 5.95 Å². The van der Waals surface area contributed by atoms with Gasteiger partial charge < -0.3 is 16.4 Å². The van der Waals surface area contributed by atoms with Crippen molar-refractivity contribution in [2.24, 2.45) is 0 Å². The molecule has 2 heterocycles. The lowest BCUT2D eigenvalue weighted by Gasteiger charge is -2.20. The molecule has 4 N–H and O–H groups in total. The molecule has 2 aromatic carbocycles. The van der Waals surface area contributed by atoms with Crippen molar-refractivity contribution in [3.8, 4) is 11.1 Å². The van der Waals surface area contributed by atoms with Gasteiger partial charge in [-0.1, -0.05) is 35.9 Å². The summed E-state index contributed by atoms with van der Waals surface area (Å²) in [6.07, 6.45) is 2.69. The molecule has 0 atom stereocenters. The first kappa shape index (κ1) is 16.7. The van der Waals surface area contributed by atoms with Crippen LogP contribution in [0.5, 0.6) is 0 Å². The number of fused-ring (bicyclic) bond motifs is 1.